The van der Waals surface area contributed by atoms with Crippen LogP contribution in [0.3, 0.4) is 0 Å². The summed E-state index contributed by atoms with van der Waals surface area (Å²) in [7, 11) is 0. The maximum absolute atomic E-state index is 12.9. The molecule has 4 amide bonds. The van der Waals surface area contributed by atoms with Gasteiger partial charge in [0.15, 0.2) is 0 Å². The second-order valence-corrected chi connectivity index (χ2v) is 5.98. The fraction of sp³-hybridized carbons (Fsp3) is 0.190. The van der Waals surface area contributed by atoms with Crippen LogP contribution < -0.4 is 15.0 Å². The molecule has 1 aliphatic rings. The Morgan fingerprint density at radius 3 is 2.44 bits per heavy atom. The van der Waals surface area contributed by atoms with Crippen LogP contribution in [-0.2, 0) is 16.0 Å². The topological polar surface area (TPSA) is 75.7 Å². The van der Waals surface area contributed by atoms with Crippen LogP contribution in [0.4, 0.5) is 10.5 Å². The molecule has 6 nitrogen and oxygen atoms in total. The SMILES string of the molecule is CCOc1cccc(/C=C2\C(=O)NC(=O)N(c3ccc(CC)cc3)C2=O)c1. The van der Waals surface area contributed by atoms with Gasteiger partial charge in [0.1, 0.15) is 11.3 Å². The number of carbonyl (C=O) groups is 3. The molecule has 2 aromatic rings. The summed E-state index contributed by atoms with van der Waals surface area (Å²) in [4.78, 5) is 38.3. The molecule has 1 saturated heterocycles. The minimum atomic E-state index is -0.755. The lowest BCUT2D eigenvalue weighted by molar-refractivity contribution is -0.122. The van der Waals surface area contributed by atoms with E-state index >= 15 is 0 Å². The van der Waals surface area contributed by atoms with Crippen LogP contribution in [0.25, 0.3) is 6.08 Å². The number of hydrogen-bond acceptors (Lipinski definition) is 4. The monoisotopic (exact) mass is 364 g/mol. The number of nitrogens with zero attached hydrogens (tertiary/aromatic N) is 1. The maximum Gasteiger partial charge on any atom is 0.335 e. The largest absolute Gasteiger partial charge is 0.494 e. The van der Waals surface area contributed by atoms with Gasteiger partial charge in [-0.25, -0.2) is 9.69 Å². The molecule has 0 saturated carbocycles. The molecule has 1 N–H and O–H groups in total. The molecule has 0 radical (unpaired) electrons. The number of barbiturate groups is 1. The van der Waals surface area contributed by atoms with Crippen molar-refractivity contribution >= 4 is 29.6 Å². The summed E-state index contributed by atoms with van der Waals surface area (Å²) < 4.78 is 5.44. The van der Waals surface area contributed by atoms with Crippen LogP contribution >= 0.6 is 0 Å². The number of imide groups is 2. The van der Waals surface area contributed by atoms with Crippen molar-refractivity contribution in [1.29, 1.82) is 0 Å². The summed E-state index contributed by atoms with van der Waals surface area (Å²) in [5, 5.41) is 2.22. The van der Waals surface area contributed by atoms with E-state index in [1.165, 1.54) is 6.08 Å². The predicted molar refractivity (Wildman–Crippen MR) is 102 cm³/mol. The molecule has 1 aliphatic heterocycles. The first-order chi connectivity index (χ1) is 13.0. The number of nitrogens with one attached hydrogen (secondary N) is 1. The average molecular weight is 364 g/mol. The molecule has 138 valence electrons. The Kier molecular flexibility index (Phi) is 5.35. The van der Waals surface area contributed by atoms with Crippen LogP contribution in [0.5, 0.6) is 5.75 Å². The summed E-state index contributed by atoms with van der Waals surface area (Å²) in [5.74, 6) is -0.735. The molecule has 0 aromatic heterocycles. The standard InChI is InChI=1S/C21H20N2O4/c1-3-14-8-10-16(11-9-14)23-20(25)18(19(24)22-21(23)26)13-15-6-5-7-17(12-15)27-4-2/h5-13H,3-4H2,1-2H3,(H,22,24,26)/b18-13+. The second-order valence-electron chi connectivity index (χ2n) is 5.98. The normalized spacial score (nSPS) is 15.9. The Bertz CT molecular complexity index is 916. The van der Waals surface area contributed by atoms with E-state index in [1.807, 2.05) is 26.0 Å². The second kappa shape index (κ2) is 7.86. The molecular formula is C21H20N2O4. The lowest BCUT2D eigenvalue weighted by Gasteiger charge is -2.26. The van der Waals surface area contributed by atoms with Crippen molar-refractivity contribution in [3.8, 4) is 5.75 Å². The Balaban J connectivity index is 1.95. The van der Waals surface area contributed by atoms with E-state index in [0.717, 1.165) is 16.9 Å². The molecular weight excluding hydrogens is 344 g/mol. The van der Waals surface area contributed by atoms with Crippen LogP contribution in [0.2, 0.25) is 0 Å². The van der Waals surface area contributed by atoms with Crippen LogP contribution in [0, 0.1) is 0 Å². The van der Waals surface area contributed by atoms with Gasteiger partial charge in [-0.1, -0.05) is 31.2 Å². The van der Waals surface area contributed by atoms with Gasteiger partial charge in [0.05, 0.1) is 12.3 Å². The fourth-order valence-electron chi connectivity index (χ4n) is 2.80. The summed E-state index contributed by atoms with van der Waals surface area (Å²) in [6, 6.07) is 13.4. The van der Waals surface area contributed by atoms with E-state index in [0.29, 0.717) is 23.6 Å². The first-order valence-electron chi connectivity index (χ1n) is 8.76. The van der Waals surface area contributed by atoms with Crippen molar-refractivity contribution in [1.82, 2.24) is 5.32 Å². The number of aryl methyl sites for hydroxylation is 1. The minimum absolute atomic E-state index is 0.109. The van der Waals surface area contributed by atoms with Crippen LogP contribution in [0.1, 0.15) is 25.0 Å². The lowest BCUT2D eigenvalue weighted by Crippen LogP contribution is -2.54. The Morgan fingerprint density at radius 2 is 1.78 bits per heavy atom. The van der Waals surface area contributed by atoms with E-state index in [9.17, 15) is 14.4 Å². The van der Waals surface area contributed by atoms with Crippen molar-refractivity contribution in [2.75, 3.05) is 11.5 Å². The number of anilines is 1. The zero-order valence-electron chi connectivity index (χ0n) is 15.2. The van der Waals surface area contributed by atoms with Crippen molar-refractivity contribution in [2.24, 2.45) is 0 Å². The molecule has 0 atom stereocenters. The number of urea groups is 1. The predicted octanol–water partition coefficient (Wildman–Crippen LogP) is 3.31. The highest BCUT2D eigenvalue weighted by Gasteiger charge is 2.36. The zero-order valence-corrected chi connectivity index (χ0v) is 15.2. The van der Waals surface area contributed by atoms with Crippen LogP contribution in [0.15, 0.2) is 54.1 Å². The first kappa shape index (κ1) is 18.4. The fourth-order valence-corrected chi connectivity index (χ4v) is 2.80. The minimum Gasteiger partial charge on any atom is -0.494 e. The summed E-state index contributed by atoms with van der Waals surface area (Å²) in [6.45, 7) is 4.40. The summed E-state index contributed by atoms with van der Waals surface area (Å²) in [5.41, 5.74) is 2.03. The van der Waals surface area contributed by atoms with Crippen molar-refractivity contribution in [3.05, 3.63) is 65.2 Å². The third kappa shape index (κ3) is 3.89. The summed E-state index contributed by atoms with van der Waals surface area (Å²) in [6.07, 6.45) is 2.31. The molecule has 1 heterocycles. The van der Waals surface area contributed by atoms with Crippen molar-refractivity contribution in [3.63, 3.8) is 0 Å². The molecule has 3 rings (SSSR count). The molecule has 0 bridgehead atoms. The smallest absolute Gasteiger partial charge is 0.335 e. The lowest BCUT2D eigenvalue weighted by atomic mass is 10.1. The number of benzene rings is 2. The van der Waals surface area contributed by atoms with Crippen molar-refractivity contribution < 1.29 is 19.1 Å². The number of hydrogen-bond donors (Lipinski definition) is 1. The number of rotatable bonds is 5. The van der Waals surface area contributed by atoms with E-state index < -0.39 is 17.8 Å². The van der Waals surface area contributed by atoms with E-state index in [4.69, 9.17) is 4.74 Å². The maximum atomic E-state index is 12.9. The first-order valence-corrected chi connectivity index (χ1v) is 8.76. The highest BCUT2D eigenvalue weighted by atomic mass is 16.5. The van der Waals surface area contributed by atoms with Gasteiger partial charge in [0.25, 0.3) is 11.8 Å². The third-order valence-corrected chi connectivity index (χ3v) is 4.18. The van der Waals surface area contributed by atoms with Gasteiger partial charge in [0.2, 0.25) is 0 Å². The van der Waals surface area contributed by atoms with Crippen LogP contribution in [-0.4, -0.2) is 24.5 Å². The Hall–Kier alpha value is -3.41. The van der Waals surface area contributed by atoms with Crippen molar-refractivity contribution in [2.45, 2.75) is 20.3 Å². The van der Waals surface area contributed by atoms with Gasteiger partial charge < -0.3 is 4.74 Å². The Labute approximate surface area is 157 Å². The van der Waals surface area contributed by atoms with E-state index in [1.54, 1.807) is 36.4 Å². The van der Waals surface area contributed by atoms with Gasteiger partial charge in [-0.3, -0.25) is 14.9 Å². The molecule has 0 unspecified atom stereocenters. The third-order valence-electron chi connectivity index (χ3n) is 4.18. The van der Waals surface area contributed by atoms with E-state index in [-0.39, 0.29) is 5.57 Å². The zero-order chi connectivity index (χ0) is 19.4. The number of amides is 4. The van der Waals surface area contributed by atoms with Gasteiger partial charge in [0, 0.05) is 0 Å². The molecule has 0 spiro atoms. The van der Waals surface area contributed by atoms with E-state index in [2.05, 4.69) is 5.32 Å². The molecule has 1 fully saturated rings. The number of ether oxygens (including phenoxy) is 1. The number of carbonyl (C=O) groups excluding carboxylic acids is 3. The highest BCUT2D eigenvalue weighted by Crippen LogP contribution is 2.23. The summed E-state index contributed by atoms with van der Waals surface area (Å²) >= 11 is 0. The molecule has 27 heavy (non-hydrogen) atoms. The quantitative estimate of drug-likeness (QED) is 0.652. The molecule has 2 aromatic carbocycles. The van der Waals surface area contributed by atoms with Gasteiger partial charge in [-0.05, 0) is 54.8 Å². The highest BCUT2D eigenvalue weighted by molar-refractivity contribution is 6.39. The Morgan fingerprint density at radius 1 is 1.04 bits per heavy atom. The van der Waals surface area contributed by atoms with Gasteiger partial charge in [-0.2, -0.15) is 0 Å². The molecule has 6 heteroatoms. The average Bonchev–Trinajstić information content (AvgIpc) is 2.66. The molecule has 0 aliphatic carbocycles. The van der Waals surface area contributed by atoms with Gasteiger partial charge in [-0.15, -0.1) is 0 Å². The van der Waals surface area contributed by atoms with Gasteiger partial charge >= 0.3 is 6.03 Å².